The van der Waals surface area contributed by atoms with Crippen LogP contribution in [0.4, 0.5) is 5.69 Å². The summed E-state index contributed by atoms with van der Waals surface area (Å²) in [6, 6.07) is 12.9. The van der Waals surface area contributed by atoms with E-state index in [1.807, 2.05) is 26.0 Å². The van der Waals surface area contributed by atoms with E-state index in [9.17, 15) is 4.79 Å². The maximum Gasteiger partial charge on any atom is 0.273 e. The number of nitrogens with zero attached hydrogens (tertiary/aromatic N) is 5. The molecule has 5 rings (SSSR count). The lowest BCUT2D eigenvalue weighted by Crippen LogP contribution is -2.45. The maximum atomic E-state index is 13.2. The second-order valence-electron chi connectivity index (χ2n) is 9.83. The van der Waals surface area contributed by atoms with E-state index in [2.05, 4.69) is 63.6 Å². The monoisotopic (exact) mass is 458 g/mol. The summed E-state index contributed by atoms with van der Waals surface area (Å²) >= 11 is 0. The van der Waals surface area contributed by atoms with Crippen molar-refractivity contribution in [3.63, 3.8) is 0 Å². The molecule has 1 aliphatic carbocycles. The van der Waals surface area contributed by atoms with Gasteiger partial charge in [0.05, 0.1) is 11.4 Å². The number of amides is 1. The molecule has 1 aliphatic heterocycles. The quantitative estimate of drug-likeness (QED) is 0.650. The van der Waals surface area contributed by atoms with E-state index < -0.39 is 0 Å². The first kappa shape index (κ1) is 22.6. The molecular formula is C27H34N6O. The van der Waals surface area contributed by atoms with E-state index >= 15 is 0 Å². The van der Waals surface area contributed by atoms with Gasteiger partial charge in [0.2, 0.25) is 0 Å². The Balaban J connectivity index is 1.32. The second-order valence-corrected chi connectivity index (χ2v) is 9.83. The Morgan fingerprint density at radius 3 is 2.56 bits per heavy atom. The third kappa shape index (κ3) is 4.44. The molecule has 34 heavy (non-hydrogen) atoms. The van der Waals surface area contributed by atoms with Crippen molar-refractivity contribution in [3.05, 3.63) is 70.0 Å². The summed E-state index contributed by atoms with van der Waals surface area (Å²) in [5, 5.41) is 12.4. The van der Waals surface area contributed by atoms with Gasteiger partial charge in [-0.2, -0.15) is 9.90 Å². The average molecular weight is 459 g/mol. The number of rotatable bonds is 4. The summed E-state index contributed by atoms with van der Waals surface area (Å²) < 4.78 is 0. The number of likely N-dealkylation sites (N-methyl/N-ethyl adjacent to an activating group) is 1. The molecule has 1 amide bonds. The van der Waals surface area contributed by atoms with Crippen LogP contribution in [0.15, 0.2) is 36.4 Å². The highest BCUT2D eigenvalue weighted by molar-refractivity contribution is 5.93. The van der Waals surface area contributed by atoms with Crippen LogP contribution in [0.25, 0.3) is 5.69 Å². The van der Waals surface area contributed by atoms with Gasteiger partial charge in [0, 0.05) is 37.9 Å². The van der Waals surface area contributed by atoms with Crippen LogP contribution in [0.1, 0.15) is 44.9 Å². The van der Waals surface area contributed by atoms with Gasteiger partial charge in [-0.3, -0.25) is 4.79 Å². The molecule has 0 spiro atoms. The molecule has 7 heteroatoms. The Labute approximate surface area is 201 Å². The van der Waals surface area contributed by atoms with Crippen LogP contribution < -0.4 is 10.2 Å². The molecule has 3 aromatic rings. The maximum absolute atomic E-state index is 13.2. The van der Waals surface area contributed by atoms with Crippen molar-refractivity contribution < 1.29 is 4.79 Å². The van der Waals surface area contributed by atoms with E-state index in [1.165, 1.54) is 22.4 Å². The summed E-state index contributed by atoms with van der Waals surface area (Å²) in [6.07, 6.45) is 2.78. The van der Waals surface area contributed by atoms with E-state index in [-0.39, 0.29) is 11.9 Å². The third-order valence-corrected chi connectivity index (χ3v) is 7.21. The Morgan fingerprint density at radius 1 is 1.00 bits per heavy atom. The van der Waals surface area contributed by atoms with Gasteiger partial charge in [-0.05, 0) is 75.9 Å². The first-order valence-electron chi connectivity index (χ1n) is 12.3. The molecule has 0 radical (unpaired) electrons. The molecule has 0 saturated carbocycles. The predicted octanol–water partition coefficient (Wildman–Crippen LogP) is 3.23. The molecule has 2 aromatic carbocycles. The van der Waals surface area contributed by atoms with Crippen LogP contribution >= 0.6 is 0 Å². The molecule has 1 N–H and O–H groups in total. The van der Waals surface area contributed by atoms with Gasteiger partial charge in [-0.15, -0.1) is 5.10 Å². The lowest BCUT2D eigenvalue weighted by molar-refractivity contribution is 0.0927. The third-order valence-electron chi connectivity index (χ3n) is 7.21. The van der Waals surface area contributed by atoms with Crippen molar-refractivity contribution in [2.75, 3.05) is 38.1 Å². The van der Waals surface area contributed by atoms with Gasteiger partial charge in [0.1, 0.15) is 0 Å². The molecule has 7 nitrogen and oxygen atoms in total. The number of piperazine rings is 1. The molecule has 0 bridgehead atoms. The lowest BCUT2D eigenvalue weighted by Gasteiger charge is -2.37. The fraction of sp³-hybridized carbons (Fsp3) is 0.444. The Kier molecular flexibility index (Phi) is 6.13. The number of carbonyl (C=O) groups excluding carboxylic acids is 1. The van der Waals surface area contributed by atoms with Gasteiger partial charge in [0.25, 0.3) is 5.91 Å². The lowest BCUT2D eigenvalue weighted by atomic mass is 9.86. The van der Waals surface area contributed by atoms with Crippen molar-refractivity contribution >= 4 is 11.6 Å². The zero-order valence-corrected chi connectivity index (χ0v) is 20.6. The average Bonchev–Trinajstić information content (AvgIpc) is 3.20. The molecule has 1 aromatic heterocycles. The highest BCUT2D eigenvalue weighted by atomic mass is 16.2. The largest absolute Gasteiger partial charge is 0.369 e. The van der Waals surface area contributed by atoms with Gasteiger partial charge >= 0.3 is 0 Å². The highest BCUT2D eigenvalue weighted by Gasteiger charge is 2.27. The summed E-state index contributed by atoms with van der Waals surface area (Å²) in [6.45, 7) is 10.2. The number of aromatic nitrogens is 3. The number of carbonyl (C=O) groups is 1. The van der Waals surface area contributed by atoms with E-state index in [4.69, 9.17) is 0 Å². The highest BCUT2D eigenvalue weighted by Crippen LogP contribution is 2.31. The van der Waals surface area contributed by atoms with Crippen molar-refractivity contribution in [2.24, 2.45) is 0 Å². The smallest absolute Gasteiger partial charge is 0.273 e. The normalized spacial score (nSPS) is 18.6. The van der Waals surface area contributed by atoms with Gasteiger partial charge in [0.15, 0.2) is 5.69 Å². The summed E-state index contributed by atoms with van der Waals surface area (Å²) in [7, 11) is 2.18. The molecule has 1 fully saturated rings. The van der Waals surface area contributed by atoms with Crippen LogP contribution in [0.5, 0.6) is 0 Å². The number of fused-ring (bicyclic) bond motifs is 1. The minimum absolute atomic E-state index is 0.0966. The fourth-order valence-electron chi connectivity index (χ4n) is 5.22. The zero-order valence-electron chi connectivity index (χ0n) is 20.6. The molecule has 1 atom stereocenters. The van der Waals surface area contributed by atoms with Gasteiger partial charge in [-0.25, -0.2) is 0 Å². The van der Waals surface area contributed by atoms with E-state index in [0.717, 1.165) is 56.7 Å². The minimum atomic E-state index is -0.140. The van der Waals surface area contributed by atoms with Crippen LogP contribution in [-0.4, -0.2) is 65.1 Å². The second kappa shape index (κ2) is 9.22. The molecular weight excluding hydrogens is 424 g/mol. The Bertz CT molecular complexity index is 1210. The molecule has 1 saturated heterocycles. The first-order valence-corrected chi connectivity index (χ1v) is 12.3. The molecule has 2 aliphatic rings. The number of aryl methyl sites for hydroxylation is 4. The van der Waals surface area contributed by atoms with Crippen LogP contribution in [0, 0.1) is 20.8 Å². The summed E-state index contributed by atoms with van der Waals surface area (Å²) in [5.74, 6) is -0.140. The number of hydrogen-bond donors (Lipinski definition) is 1. The minimum Gasteiger partial charge on any atom is -0.369 e. The van der Waals surface area contributed by atoms with Crippen LogP contribution in [0.3, 0.4) is 0 Å². The molecule has 178 valence electrons. The topological polar surface area (TPSA) is 66.3 Å². The summed E-state index contributed by atoms with van der Waals surface area (Å²) in [4.78, 5) is 19.7. The van der Waals surface area contributed by atoms with Crippen molar-refractivity contribution in [1.82, 2.24) is 25.2 Å². The fourth-order valence-corrected chi connectivity index (χ4v) is 5.22. The number of benzene rings is 2. The number of anilines is 1. The van der Waals surface area contributed by atoms with E-state index in [0.29, 0.717) is 11.4 Å². The Hall–Kier alpha value is -3.19. The standard InChI is InChI=1S/C27H34N6O/c1-18-8-11-24(19(2)16-18)33-29-20(3)26(30-33)27(34)28-22-10-9-21-6-5-7-25(23(21)17-22)32-14-12-31(4)13-15-32/h5-8,11,16,22H,9-10,12-15,17H2,1-4H3,(H,28,34). The SMILES string of the molecule is Cc1ccc(-n2nc(C)c(C(=O)NC3CCc4cccc(N5CCN(C)CC5)c4C3)n2)c(C)c1. The molecule has 1 unspecified atom stereocenters. The first-order chi connectivity index (χ1) is 16.4. The van der Waals surface area contributed by atoms with Crippen molar-refractivity contribution in [1.29, 1.82) is 0 Å². The van der Waals surface area contributed by atoms with Gasteiger partial charge in [-0.1, -0.05) is 29.8 Å². The summed E-state index contributed by atoms with van der Waals surface area (Å²) in [5.41, 5.74) is 8.36. The zero-order chi connectivity index (χ0) is 23.8. The van der Waals surface area contributed by atoms with Crippen molar-refractivity contribution in [3.8, 4) is 5.69 Å². The van der Waals surface area contributed by atoms with E-state index in [1.54, 1.807) is 4.80 Å². The Morgan fingerprint density at radius 2 is 1.79 bits per heavy atom. The van der Waals surface area contributed by atoms with Crippen molar-refractivity contribution in [2.45, 2.75) is 46.1 Å². The van der Waals surface area contributed by atoms with Crippen LogP contribution in [0.2, 0.25) is 0 Å². The molecule has 2 heterocycles. The number of hydrogen-bond acceptors (Lipinski definition) is 5. The number of nitrogens with one attached hydrogen (secondary N) is 1. The van der Waals surface area contributed by atoms with Gasteiger partial charge < -0.3 is 15.1 Å². The van der Waals surface area contributed by atoms with Crippen LogP contribution in [-0.2, 0) is 12.8 Å². The predicted molar refractivity (Wildman–Crippen MR) is 135 cm³/mol.